The standard InChI is InChI=1S/C22H24N2O5/c1-13-19(22(26)29-16-5-2-3-6-16)20(14-9-11-15(12-10-14)24(27)28)21-17(23-13)7-4-8-18(21)25/h9-12,16,19-20H,2-8H2,1H3/t19?,20-/m0/s1. The lowest BCUT2D eigenvalue weighted by molar-refractivity contribution is -0.384. The van der Waals surface area contributed by atoms with Crippen molar-refractivity contribution in [3.8, 4) is 0 Å². The van der Waals surface area contributed by atoms with E-state index in [1.165, 1.54) is 12.1 Å². The summed E-state index contributed by atoms with van der Waals surface area (Å²) < 4.78 is 5.79. The molecule has 1 aromatic carbocycles. The predicted octanol–water partition coefficient (Wildman–Crippen LogP) is 4.26. The highest BCUT2D eigenvalue weighted by molar-refractivity contribution is 6.08. The van der Waals surface area contributed by atoms with Crippen molar-refractivity contribution in [1.29, 1.82) is 0 Å². The summed E-state index contributed by atoms with van der Waals surface area (Å²) >= 11 is 0. The number of benzene rings is 1. The van der Waals surface area contributed by atoms with Crippen LogP contribution >= 0.6 is 0 Å². The molecule has 1 saturated carbocycles. The van der Waals surface area contributed by atoms with E-state index in [9.17, 15) is 19.7 Å². The van der Waals surface area contributed by atoms with E-state index >= 15 is 0 Å². The highest BCUT2D eigenvalue weighted by Crippen LogP contribution is 2.44. The molecule has 1 heterocycles. The third-order valence-electron chi connectivity index (χ3n) is 6.14. The Morgan fingerprint density at radius 2 is 1.83 bits per heavy atom. The molecular weight excluding hydrogens is 372 g/mol. The summed E-state index contributed by atoms with van der Waals surface area (Å²) in [6.07, 6.45) is 5.63. The number of hydrogen-bond acceptors (Lipinski definition) is 6. The summed E-state index contributed by atoms with van der Waals surface area (Å²) in [5.74, 6) is -1.54. The van der Waals surface area contributed by atoms with Crippen molar-refractivity contribution in [2.45, 2.75) is 63.9 Å². The van der Waals surface area contributed by atoms with Crippen LogP contribution in [0.5, 0.6) is 0 Å². The molecule has 3 aliphatic rings. The highest BCUT2D eigenvalue weighted by atomic mass is 16.6. The molecule has 7 heteroatoms. The van der Waals surface area contributed by atoms with Crippen LogP contribution in [0.1, 0.15) is 63.4 Å². The Balaban J connectivity index is 1.74. The molecule has 0 amide bonds. The normalized spacial score (nSPS) is 24.9. The third-order valence-corrected chi connectivity index (χ3v) is 6.14. The first kappa shape index (κ1) is 19.5. The smallest absolute Gasteiger partial charge is 0.315 e. The minimum absolute atomic E-state index is 0.00418. The Hall–Kier alpha value is -2.83. The molecule has 152 valence electrons. The predicted molar refractivity (Wildman–Crippen MR) is 107 cm³/mol. The number of hydrogen-bond donors (Lipinski definition) is 0. The van der Waals surface area contributed by atoms with E-state index in [0.717, 1.165) is 37.8 Å². The Morgan fingerprint density at radius 1 is 1.14 bits per heavy atom. The molecule has 29 heavy (non-hydrogen) atoms. The van der Waals surface area contributed by atoms with E-state index in [0.29, 0.717) is 29.7 Å². The first-order chi connectivity index (χ1) is 14.0. The minimum Gasteiger partial charge on any atom is -0.462 e. The molecule has 0 N–H and O–H groups in total. The molecule has 0 spiro atoms. The fourth-order valence-corrected chi connectivity index (χ4v) is 4.72. The Morgan fingerprint density at radius 3 is 2.48 bits per heavy atom. The Bertz CT molecular complexity index is 910. The van der Waals surface area contributed by atoms with E-state index in [1.54, 1.807) is 12.1 Å². The van der Waals surface area contributed by atoms with E-state index in [2.05, 4.69) is 4.99 Å². The number of rotatable bonds is 4. The monoisotopic (exact) mass is 396 g/mol. The van der Waals surface area contributed by atoms with E-state index in [-0.39, 0.29) is 23.5 Å². The molecule has 0 bridgehead atoms. The average molecular weight is 396 g/mol. The van der Waals surface area contributed by atoms with Gasteiger partial charge >= 0.3 is 5.97 Å². The van der Waals surface area contributed by atoms with Gasteiger partial charge in [-0.25, -0.2) is 0 Å². The SMILES string of the molecule is CC1=NC2=C(C(=O)CCC2)[C@@H](c2ccc([N+](=O)[O-])cc2)C1C(=O)OC1CCCC1. The van der Waals surface area contributed by atoms with Gasteiger partial charge in [-0.2, -0.15) is 0 Å². The van der Waals surface area contributed by atoms with Gasteiger partial charge in [0.1, 0.15) is 12.0 Å². The maximum atomic E-state index is 13.2. The molecule has 0 radical (unpaired) electrons. The number of nitro benzene ring substituents is 1. The number of non-ortho nitro benzene ring substituents is 1. The molecule has 1 aliphatic heterocycles. The number of ketones is 1. The van der Waals surface area contributed by atoms with Crippen molar-refractivity contribution < 1.29 is 19.2 Å². The van der Waals surface area contributed by atoms with Crippen LogP contribution in [0.4, 0.5) is 5.69 Å². The number of aliphatic imine (C=N–C) groups is 1. The number of Topliss-reactive ketones (excluding diaryl/α,β-unsaturated/α-hetero) is 1. The van der Waals surface area contributed by atoms with Crippen LogP contribution < -0.4 is 0 Å². The second-order valence-electron chi connectivity index (χ2n) is 8.04. The quantitative estimate of drug-likeness (QED) is 0.430. The lowest BCUT2D eigenvalue weighted by Gasteiger charge is -2.34. The van der Waals surface area contributed by atoms with Crippen LogP contribution in [0.2, 0.25) is 0 Å². The minimum atomic E-state index is -0.683. The van der Waals surface area contributed by atoms with E-state index < -0.39 is 16.8 Å². The van der Waals surface area contributed by atoms with Gasteiger partial charge in [0.2, 0.25) is 0 Å². The Kier molecular flexibility index (Phi) is 5.30. The van der Waals surface area contributed by atoms with Gasteiger partial charge in [-0.3, -0.25) is 24.7 Å². The van der Waals surface area contributed by atoms with Gasteiger partial charge in [-0.05, 0) is 51.0 Å². The lowest BCUT2D eigenvalue weighted by atomic mass is 9.71. The topological polar surface area (TPSA) is 98.9 Å². The first-order valence-electron chi connectivity index (χ1n) is 10.2. The molecule has 2 aliphatic carbocycles. The molecule has 4 rings (SSSR count). The zero-order valence-electron chi connectivity index (χ0n) is 16.4. The molecule has 1 unspecified atom stereocenters. The van der Waals surface area contributed by atoms with Crippen molar-refractivity contribution >= 4 is 23.2 Å². The highest BCUT2D eigenvalue weighted by Gasteiger charge is 2.43. The number of ether oxygens (including phenoxy) is 1. The zero-order chi connectivity index (χ0) is 20.5. The fourth-order valence-electron chi connectivity index (χ4n) is 4.72. The molecule has 1 fully saturated rings. The van der Waals surface area contributed by atoms with Crippen LogP contribution in [0.25, 0.3) is 0 Å². The number of carbonyl (C=O) groups is 2. The molecule has 1 aromatic rings. The zero-order valence-corrected chi connectivity index (χ0v) is 16.4. The van der Waals surface area contributed by atoms with Crippen molar-refractivity contribution in [3.05, 3.63) is 51.2 Å². The van der Waals surface area contributed by atoms with Gasteiger partial charge in [-0.1, -0.05) is 12.1 Å². The maximum Gasteiger partial charge on any atom is 0.315 e. The van der Waals surface area contributed by atoms with Crippen LogP contribution in [0.15, 0.2) is 40.5 Å². The number of nitrogens with zero attached hydrogens (tertiary/aromatic N) is 2. The van der Waals surface area contributed by atoms with Crippen LogP contribution in [0.3, 0.4) is 0 Å². The summed E-state index contributed by atoms with van der Waals surface area (Å²) in [7, 11) is 0. The molecule has 2 atom stereocenters. The maximum absolute atomic E-state index is 13.2. The summed E-state index contributed by atoms with van der Waals surface area (Å²) in [6, 6.07) is 6.13. The third kappa shape index (κ3) is 3.73. The van der Waals surface area contributed by atoms with Crippen LogP contribution in [0, 0.1) is 16.0 Å². The Labute approximate surface area is 169 Å². The fraction of sp³-hybridized carbons (Fsp3) is 0.500. The lowest BCUT2D eigenvalue weighted by Crippen LogP contribution is -2.38. The van der Waals surface area contributed by atoms with Gasteiger partial charge < -0.3 is 4.74 Å². The summed E-state index contributed by atoms with van der Waals surface area (Å²) in [5, 5.41) is 11.0. The number of allylic oxidation sites excluding steroid dienone is 2. The van der Waals surface area contributed by atoms with Crippen molar-refractivity contribution in [2.24, 2.45) is 10.9 Å². The van der Waals surface area contributed by atoms with Gasteiger partial charge in [0.15, 0.2) is 5.78 Å². The molecular formula is C22H24N2O5. The first-order valence-corrected chi connectivity index (χ1v) is 10.2. The van der Waals surface area contributed by atoms with Crippen molar-refractivity contribution in [1.82, 2.24) is 0 Å². The molecule has 0 saturated heterocycles. The number of esters is 1. The largest absolute Gasteiger partial charge is 0.462 e. The van der Waals surface area contributed by atoms with Crippen molar-refractivity contribution in [3.63, 3.8) is 0 Å². The van der Waals surface area contributed by atoms with E-state index in [4.69, 9.17) is 4.74 Å². The van der Waals surface area contributed by atoms with Crippen LogP contribution in [-0.2, 0) is 14.3 Å². The van der Waals surface area contributed by atoms with E-state index in [1.807, 2.05) is 6.92 Å². The molecule has 0 aromatic heterocycles. The van der Waals surface area contributed by atoms with Gasteiger partial charge in [0.25, 0.3) is 5.69 Å². The second kappa shape index (κ2) is 7.89. The van der Waals surface area contributed by atoms with Gasteiger partial charge in [0, 0.05) is 41.5 Å². The van der Waals surface area contributed by atoms with Crippen molar-refractivity contribution in [2.75, 3.05) is 0 Å². The summed E-state index contributed by atoms with van der Waals surface area (Å²) in [5.41, 5.74) is 2.64. The number of carbonyl (C=O) groups excluding carboxylic acids is 2. The second-order valence-corrected chi connectivity index (χ2v) is 8.04. The number of nitro groups is 1. The summed E-state index contributed by atoms with van der Waals surface area (Å²) in [4.78, 5) is 41.2. The van der Waals surface area contributed by atoms with Gasteiger partial charge in [-0.15, -0.1) is 0 Å². The molecule has 7 nitrogen and oxygen atoms in total. The van der Waals surface area contributed by atoms with Crippen LogP contribution in [-0.4, -0.2) is 28.5 Å². The average Bonchev–Trinajstić information content (AvgIpc) is 3.20. The summed E-state index contributed by atoms with van der Waals surface area (Å²) in [6.45, 7) is 1.81. The van der Waals surface area contributed by atoms with Gasteiger partial charge in [0.05, 0.1) is 4.92 Å².